The van der Waals surface area contributed by atoms with Gasteiger partial charge in [0.2, 0.25) is 0 Å². The minimum atomic E-state index is -1.51. The Hall–Kier alpha value is -2.97. The fourth-order valence-corrected chi connectivity index (χ4v) is 3.34. The van der Waals surface area contributed by atoms with Crippen molar-refractivity contribution in [2.75, 3.05) is 6.54 Å². The lowest BCUT2D eigenvalue weighted by Crippen LogP contribution is -2.46. The molecular weight excluding hydrogens is 371 g/mol. The SMILES string of the molecule is O=C(NCc1ccc(F)cc1)C(=O)NC[C@](O)(c1ccoc1)c1cccs1. The van der Waals surface area contributed by atoms with Crippen LogP contribution in [0.3, 0.4) is 0 Å². The lowest BCUT2D eigenvalue weighted by Gasteiger charge is -2.26. The molecule has 2 aromatic heterocycles. The number of carbonyl (C=O) groups is 2. The minimum absolute atomic E-state index is 0.0868. The number of halogens is 1. The predicted octanol–water partition coefficient (Wildman–Crippen LogP) is 2.15. The molecule has 27 heavy (non-hydrogen) atoms. The molecule has 3 rings (SSSR count). The van der Waals surface area contributed by atoms with Crippen molar-refractivity contribution < 1.29 is 23.5 Å². The zero-order chi connectivity index (χ0) is 19.3. The van der Waals surface area contributed by atoms with E-state index < -0.39 is 17.4 Å². The summed E-state index contributed by atoms with van der Waals surface area (Å²) in [4.78, 5) is 24.7. The second-order valence-electron chi connectivity index (χ2n) is 5.84. The number of hydrogen-bond acceptors (Lipinski definition) is 5. The monoisotopic (exact) mass is 388 g/mol. The van der Waals surface area contributed by atoms with Gasteiger partial charge in [-0.2, -0.15) is 0 Å². The van der Waals surface area contributed by atoms with Crippen LogP contribution < -0.4 is 10.6 Å². The average molecular weight is 388 g/mol. The maximum atomic E-state index is 12.9. The summed E-state index contributed by atoms with van der Waals surface area (Å²) in [5.74, 6) is -2.11. The number of rotatable bonds is 6. The van der Waals surface area contributed by atoms with Crippen LogP contribution in [0, 0.1) is 5.82 Å². The van der Waals surface area contributed by atoms with Gasteiger partial charge in [-0.3, -0.25) is 9.59 Å². The zero-order valence-electron chi connectivity index (χ0n) is 14.1. The maximum Gasteiger partial charge on any atom is 0.309 e. The normalized spacial score (nSPS) is 13.0. The van der Waals surface area contributed by atoms with Crippen molar-refractivity contribution >= 4 is 23.2 Å². The van der Waals surface area contributed by atoms with E-state index in [4.69, 9.17) is 4.42 Å². The summed E-state index contributed by atoms with van der Waals surface area (Å²) >= 11 is 1.32. The van der Waals surface area contributed by atoms with Gasteiger partial charge < -0.3 is 20.2 Å². The summed E-state index contributed by atoms with van der Waals surface area (Å²) in [6.07, 6.45) is 2.81. The number of amides is 2. The van der Waals surface area contributed by atoms with E-state index in [2.05, 4.69) is 10.6 Å². The van der Waals surface area contributed by atoms with Gasteiger partial charge in [-0.1, -0.05) is 18.2 Å². The third-order valence-corrected chi connectivity index (χ3v) is 5.03. The van der Waals surface area contributed by atoms with Crippen LogP contribution in [0.15, 0.2) is 64.8 Å². The first-order valence-corrected chi connectivity index (χ1v) is 8.96. The van der Waals surface area contributed by atoms with Gasteiger partial charge in [0.15, 0.2) is 0 Å². The molecule has 1 atom stereocenters. The molecule has 2 amide bonds. The Morgan fingerprint density at radius 1 is 1.11 bits per heavy atom. The Morgan fingerprint density at radius 2 is 1.85 bits per heavy atom. The fourth-order valence-electron chi connectivity index (χ4n) is 2.50. The zero-order valence-corrected chi connectivity index (χ0v) is 15.0. The number of furan rings is 1. The first-order chi connectivity index (χ1) is 13.0. The van der Waals surface area contributed by atoms with Crippen molar-refractivity contribution in [3.63, 3.8) is 0 Å². The molecule has 6 nitrogen and oxygen atoms in total. The van der Waals surface area contributed by atoms with E-state index in [1.165, 1.54) is 48.1 Å². The molecule has 0 fully saturated rings. The quantitative estimate of drug-likeness (QED) is 0.564. The van der Waals surface area contributed by atoms with E-state index in [9.17, 15) is 19.1 Å². The minimum Gasteiger partial charge on any atom is -0.472 e. The molecule has 0 saturated carbocycles. The fraction of sp³-hybridized carbons (Fsp3) is 0.158. The van der Waals surface area contributed by atoms with Crippen LogP contribution in [0.25, 0.3) is 0 Å². The van der Waals surface area contributed by atoms with Crippen molar-refractivity contribution in [3.8, 4) is 0 Å². The first-order valence-electron chi connectivity index (χ1n) is 8.08. The van der Waals surface area contributed by atoms with Gasteiger partial charge in [0.1, 0.15) is 11.4 Å². The number of nitrogens with one attached hydrogen (secondary N) is 2. The molecule has 0 aliphatic carbocycles. The molecule has 0 bridgehead atoms. The molecule has 0 aliphatic heterocycles. The number of hydrogen-bond donors (Lipinski definition) is 3. The first kappa shape index (κ1) is 18.8. The van der Waals surface area contributed by atoms with E-state index in [0.29, 0.717) is 16.0 Å². The molecule has 0 spiro atoms. The Morgan fingerprint density at radius 3 is 2.48 bits per heavy atom. The molecule has 2 heterocycles. The standard InChI is InChI=1S/C19H17FN2O4S/c20-15-5-3-13(4-6-15)10-21-17(23)18(24)22-12-19(25,14-7-8-26-11-14)16-2-1-9-27-16/h1-9,11,25H,10,12H2,(H,21,23)(H,22,24)/t19-/m0/s1. The van der Waals surface area contributed by atoms with E-state index in [-0.39, 0.29) is 18.9 Å². The third-order valence-electron chi connectivity index (χ3n) is 4.00. The van der Waals surface area contributed by atoms with Crippen LogP contribution in [-0.2, 0) is 21.7 Å². The van der Waals surface area contributed by atoms with Gasteiger partial charge >= 0.3 is 11.8 Å². The van der Waals surface area contributed by atoms with Crippen LogP contribution in [0.1, 0.15) is 16.0 Å². The molecular formula is C19H17FN2O4S. The molecule has 3 aromatic rings. The highest BCUT2D eigenvalue weighted by atomic mass is 32.1. The summed E-state index contributed by atoms with van der Waals surface area (Å²) in [6, 6.07) is 10.7. The van der Waals surface area contributed by atoms with Crippen LogP contribution in [-0.4, -0.2) is 23.5 Å². The lowest BCUT2D eigenvalue weighted by molar-refractivity contribution is -0.139. The van der Waals surface area contributed by atoms with Gasteiger partial charge in [0, 0.05) is 17.0 Å². The molecule has 140 valence electrons. The van der Waals surface area contributed by atoms with Crippen LogP contribution >= 0.6 is 11.3 Å². The third kappa shape index (κ3) is 4.42. The van der Waals surface area contributed by atoms with Crippen molar-refractivity contribution in [3.05, 3.63) is 82.2 Å². The van der Waals surface area contributed by atoms with Gasteiger partial charge in [0.05, 0.1) is 19.1 Å². The molecule has 3 N–H and O–H groups in total. The average Bonchev–Trinajstić information content (AvgIpc) is 3.39. The van der Waals surface area contributed by atoms with Gasteiger partial charge in [-0.15, -0.1) is 11.3 Å². The Labute approximate surface area is 158 Å². The van der Waals surface area contributed by atoms with Crippen molar-refractivity contribution in [1.82, 2.24) is 10.6 Å². The Balaban J connectivity index is 1.61. The predicted molar refractivity (Wildman–Crippen MR) is 97.3 cm³/mol. The summed E-state index contributed by atoms with van der Waals surface area (Å²) in [6.45, 7) is -0.112. The molecule has 0 saturated heterocycles. The second-order valence-corrected chi connectivity index (χ2v) is 6.79. The summed E-state index contributed by atoms with van der Waals surface area (Å²) < 4.78 is 17.9. The number of benzene rings is 1. The van der Waals surface area contributed by atoms with E-state index in [1.54, 1.807) is 23.6 Å². The lowest BCUT2D eigenvalue weighted by atomic mass is 9.94. The second kappa shape index (κ2) is 8.15. The molecule has 1 aromatic carbocycles. The van der Waals surface area contributed by atoms with Crippen molar-refractivity contribution in [2.45, 2.75) is 12.1 Å². The molecule has 0 radical (unpaired) electrons. The van der Waals surface area contributed by atoms with Crippen molar-refractivity contribution in [1.29, 1.82) is 0 Å². The van der Waals surface area contributed by atoms with Crippen LogP contribution in [0.2, 0.25) is 0 Å². The summed E-state index contributed by atoms with van der Waals surface area (Å²) in [5, 5.41) is 17.8. The highest BCUT2D eigenvalue weighted by molar-refractivity contribution is 7.10. The Kier molecular flexibility index (Phi) is 5.68. The molecule has 8 heteroatoms. The van der Waals surface area contributed by atoms with Crippen molar-refractivity contribution in [2.24, 2.45) is 0 Å². The highest BCUT2D eigenvalue weighted by Crippen LogP contribution is 2.32. The van der Waals surface area contributed by atoms with Gasteiger partial charge in [0.25, 0.3) is 0 Å². The van der Waals surface area contributed by atoms with Crippen LogP contribution in [0.5, 0.6) is 0 Å². The number of aliphatic hydroxyl groups is 1. The van der Waals surface area contributed by atoms with E-state index in [1.807, 2.05) is 0 Å². The number of carbonyl (C=O) groups excluding carboxylic acids is 2. The van der Waals surface area contributed by atoms with E-state index >= 15 is 0 Å². The van der Waals surface area contributed by atoms with Gasteiger partial charge in [-0.05, 0) is 35.2 Å². The number of thiophene rings is 1. The smallest absolute Gasteiger partial charge is 0.309 e. The van der Waals surface area contributed by atoms with E-state index in [0.717, 1.165) is 0 Å². The van der Waals surface area contributed by atoms with Gasteiger partial charge in [-0.25, -0.2) is 4.39 Å². The summed E-state index contributed by atoms with van der Waals surface area (Å²) in [7, 11) is 0. The highest BCUT2D eigenvalue weighted by Gasteiger charge is 2.34. The molecule has 0 aliphatic rings. The maximum absolute atomic E-state index is 12.9. The summed E-state index contributed by atoms with van der Waals surface area (Å²) in [5.41, 5.74) is -0.378. The van der Waals surface area contributed by atoms with Crippen LogP contribution in [0.4, 0.5) is 4.39 Å². The topological polar surface area (TPSA) is 91.6 Å². The molecule has 0 unspecified atom stereocenters. The largest absolute Gasteiger partial charge is 0.472 e. The Bertz CT molecular complexity index is 858.